The van der Waals surface area contributed by atoms with Crippen molar-refractivity contribution < 1.29 is 27.5 Å². The van der Waals surface area contributed by atoms with Gasteiger partial charge in [0, 0.05) is 12.8 Å². The number of hydrogen-bond acceptors (Lipinski definition) is 3. The molecular weight excluding hydrogens is 385 g/mol. The minimum atomic E-state index is -4.47. The highest BCUT2D eigenvalue weighted by atomic mass is 19.4. The van der Waals surface area contributed by atoms with E-state index < -0.39 is 17.8 Å². The molecule has 2 rings (SSSR count). The van der Waals surface area contributed by atoms with Gasteiger partial charge in [-0.05, 0) is 41.5 Å². The van der Waals surface area contributed by atoms with Gasteiger partial charge in [-0.15, -0.1) is 0 Å². The average molecular weight is 406 g/mol. The summed E-state index contributed by atoms with van der Waals surface area (Å²) in [4.78, 5) is 23.7. The lowest BCUT2D eigenvalue weighted by atomic mass is 10.0. The average Bonchev–Trinajstić information content (AvgIpc) is 2.68. The monoisotopic (exact) mass is 406 g/mol. The molecule has 154 valence electrons. The van der Waals surface area contributed by atoms with E-state index in [0.29, 0.717) is 16.8 Å². The summed E-state index contributed by atoms with van der Waals surface area (Å²) in [5, 5.41) is 5.30. The third kappa shape index (κ3) is 6.76. The van der Waals surface area contributed by atoms with E-state index in [-0.39, 0.29) is 24.8 Å². The van der Waals surface area contributed by atoms with Gasteiger partial charge in [-0.2, -0.15) is 13.2 Å². The van der Waals surface area contributed by atoms with Gasteiger partial charge >= 0.3 is 6.18 Å². The molecule has 0 aliphatic heterocycles. The molecule has 2 aromatic rings. The van der Waals surface area contributed by atoms with Gasteiger partial charge in [-0.1, -0.05) is 30.8 Å². The lowest BCUT2D eigenvalue weighted by Gasteiger charge is -2.20. The van der Waals surface area contributed by atoms with Crippen LogP contribution in [-0.2, 0) is 26.9 Å². The van der Waals surface area contributed by atoms with Gasteiger partial charge in [0.25, 0.3) is 0 Å². The van der Waals surface area contributed by atoms with E-state index in [9.17, 15) is 22.8 Å². The molecule has 2 aromatic carbocycles. The fraction of sp³-hybridized carbons (Fsp3) is 0.238. The van der Waals surface area contributed by atoms with Crippen molar-refractivity contribution in [3.05, 3.63) is 77.9 Å². The Morgan fingerprint density at radius 2 is 1.86 bits per heavy atom. The Morgan fingerprint density at radius 3 is 2.45 bits per heavy atom. The number of anilines is 1. The van der Waals surface area contributed by atoms with Gasteiger partial charge in [-0.25, -0.2) is 0 Å². The predicted molar refractivity (Wildman–Crippen MR) is 103 cm³/mol. The fourth-order valence-electron chi connectivity index (χ4n) is 2.65. The topological polar surface area (TPSA) is 67.4 Å². The van der Waals surface area contributed by atoms with Crippen molar-refractivity contribution in [2.45, 2.75) is 18.6 Å². The number of nitrogens with one attached hydrogen (secondary N) is 2. The maximum atomic E-state index is 13.0. The van der Waals surface area contributed by atoms with Crippen molar-refractivity contribution in [1.29, 1.82) is 0 Å². The molecular formula is C21H21F3N2O3. The summed E-state index contributed by atoms with van der Waals surface area (Å²) in [5.41, 5.74) is 0.750. The molecule has 0 saturated heterocycles. The smallest absolute Gasteiger partial charge is 0.382 e. The van der Waals surface area contributed by atoms with Crippen molar-refractivity contribution in [1.82, 2.24) is 5.32 Å². The quantitative estimate of drug-likeness (QED) is 0.654. The second kappa shape index (κ2) is 9.88. The van der Waals surface area contributed by atoms with Crippen molar-refractivity contribution in [3.8, 4) is 0 Å². The molecule has 2 amide bonds. The van der Waals surface area contributed by atoms with Gasteiger partial charge < -0.3 is 15.4 Å². The molecule has 0 saturated carbocycles. The molecule has 0 fully saturated rings. The van der Waals surface area contributed by atoms with Crippen LogP contribution in [0.4, 0.5) is 18.9 Å². The second-order valence-corrected chi connectivity index (χ2v) is 6.27. The van der Waals surface area contributed by atoms with Crippen LogP contribution in [0.3, 0.4) is 0 Å². The molecule has 0 aliphatic carbocycles. The Bertz CT molecular complexity index is 864. The summed E-state index contributed by atoms with van der Waals surface area (Å²) in [6, 6.07) is 10.7. The van der Waals surface area contributed by atoms with Crippen LogP contribution in [0.15, 0.2) is 61.2 Å². The van der Waals surface area contributed by atoms with Crippen molar-refractivity contribution >= 4 is 17.5 Å². The summed E-state index contributed by atoms with van der Waals surface area (Å²) < 4.78 is 43.9. The van der Waals surface area contributed by atoms with Gasteiger partial charge in [-0.3, -0.25) is 9.59 Å². The molecule has 2 N–H and O–H groups in total. The molecule has 8 heteroatoms. The summed E-state index contributed by atoms with van der Waals surface area (Å²) in [6.07, 6.45) is -3.31. The summed E-state index contributed by atoms with van der Waals surface area (Å²) in [6.45, 7) is 3.39. The molecule has 0 aromatic heterocycles. The standard InChI is InChI=1S/C21H21F3N2O3/c1-3-19(27)25-17-9-7-14(8-10-17)11-20(28)26-18(13-29-2)15-5-4-6-16(12-15)21(22,23)24/h3-10,12,18H,1,11,13H2,2H3,(H,25,27)(H,26,28). The molecule has 0 radical (unpaired) electrons. The van der Waals surface area contributed by atoms with E-state index in [1.54, 1.807) is 24.3 Å². The predicted octanol–water partition coefficient (Wildman–Crippen LogP) is 3.88. The Hall–Kier alpha value is -3.13. The van der Waals surface area contributed by atoms with Crippen molar-refractivity contribution in [2.75, 3.05) is 19.0 Å². The first-order chi connectivity index (χ1) is 13.7. The summed E-state index contributed by atoms with van der Waals surface area (Å²) >= 11 is 0. The number of benzene rings is 2. The van der Waals surface area contributed by atoms with E-state index in [0.717, 1.165) is 18.2 Å². The van der Waals surface area contributed by atoms with Crippen LogP contribution in [0, 0.1) is 0 Å². The van der Waals surface area contributed by atoms with E-state index in [1.807, 2.05) is 0 Å². The van der Waals surface area contributed by atoms with E-state index in [2.05, 4.69) is 17.2 Å². The molecule has 0 aliphatic rings. The normalized spacial score (nSPS) is 12.1. The molecule has 0 heterocycles. The van der Waals surface area contributed by atoms with Crippen LogP contribution >= 0.6 is 0 Å². The third-order valence-corrected chi connectivity index (χ3v) is 4.06. The molecule has 1 unspecified atom stereocenters. The van der Waals surface area contributed by atoms with Crippen LogP contribution in [0.2, 0.25) is 0 Å². The number of carbonyl (C=O) groups excluding carboxylic acids is 2. The number of rotatable bonds is 8. The number of hydrogen-bond donors (Lipinski definition) is 2. The lowest BCUT2D eigenvalue weighted by molar-refractivity contribution is -0.137. The summed E-state index contributed by atoms with van der Waals surface area (Å²) in [7, 11) is 1.41. The number of methoxy groups -OCH3 is 1. The number of amides is 2. The first-order valence-electron chi connectivity index (χ1n) is 8.70. The van der Waals surface area contributed by atoms with E-state index in [4.69, 9.17) is 4.74 Å². The molecule has 0 bridgehead atoms. The van der Waals surface area contributed by atoms with E-state index in [1.165, 1.54) is 19.2 Å². The number of alkyl halides is 3. The van der Waals surface area contributed by atoms with Gasteiger partial charge in [0.15, 0.2) is 0 Å². The maximum Gasteiger partial charge on any atom is 0.416 e. The first kappa shape index (κ1) is 22.2. The zero-order valence-corrected chi connectivity index (χ0v) is 15.8. The minimum absolute atomic E-state index is 0.0227. The SMILES string of the molecule is C=CC(=O)Nc1ccc(CC(=O)NC(COC)c2cccc(C(F)(F)F)c2)cc1. The number of ether oxygens (including phenoxy) is 1. The van der Waals surface area contributed by atoms with Crippen molar-refractivity contribution in [2.24, 2.45) is 0 Å². The highest BCUT2D eigenvalue weighted by Gasteiger charge is 2.31. The molecule has 0 spiro atoms. The Labute approximate surface area is 166 Å². The van der Waals surface area contributed by atoms with Gasteiger partial charge in [0.1, 0.15) is 0 Å². The van der Waals surface area contributed by atoms with Gasteiger partial charge in [0.05, 0.1) is 24.6 Å². The number of carbonyl (C=O) groups is 2. The lowest BCUT2D eigenvalue weighted by Crippen LogP contribution is -2.32. The molecule has 29 heavy (non-hydrogen) atoms. The molecule has 5 nitrogen and oxygen atoms in total. The second-order valence-electron chi connectivity index (χ2n) is 6.27. The zero-order valence-electron chi connectivity index (χ0n) is 15.8. The van der Waals surface area contributed by atoms with Crippen LogP contribution in [0.5, 0.6) is 0 Å². The largest absolute Gasteiger partial charge is 0.416 e. The van der Waals surface area contributed by atoms with Crippen LogP contribution in [0.25, 0.3) is 0 Å². The minimum Gasteiger partial charge on any atom is -0.382 e. The molecule has 1 atom stereocenters. The Balaban J connectivity index is 2.06. The Kier molecular flexibility index (Phi) is 7.55. The third-order valence-electron chi connectivity index (χ3n) is 4.06. The fourth-order valence-corrected chi connectivity index (χ4v) is 2.65. The first-order valence-corrected chi connectivity index (χ1v) is 8.70. The maximum absolute atomic E-state index is 13.0. The van der Waals surface area contributed by atoms with Gasteiger partial charge in [0.2, 0.25) is 11.8 Å². The number of halogens is 3. The van der Waals surface area contributed by atoms with Crippen molar-refractivity contribution in [3.63, 3.8) is 0 Å². The highest BCUT2D eigenvalue weighted by Crippen LogP contribution is 2.30. The zero-order chi connectivity index (χ0) is 21.4. The van der Waals surface area contributed by atoms with Crippen LogP contribution < -0.4 is 10.6 Å². The summed E-state index contributed by atoms with van der Waals surface area (Å²) in [5.74, 6) is -0.716. The van der Waals surface area contributed by atoms with E-state index >= 15 is 0 Å². The van der Waals surface area contributed by atoms with Crippen LogP contribution in [-0.4, -0.2) is 25.5 Å². The highest BCUT2D eigenvalue weighted by molar-refractivity contribution is 5.98. The Morgan fingerprint density at radius 1 is 1.17 bits per heavy atom. The van der Waals surface area contributed by atoms with Crippen LogP contribution in [0.1, 0.15) is 22.7 Å².